The molecule has 1 aromatic heterocycles. The lowest BCUT2D eigenvalue weighted by atomic mass is 9.97. The highest BCUT2D eigenvalue weighted by Crippen LogP contribution is 2.23. The Morgan fingerprint density at radius 3 is 2.56 bits per heavy atom. The quantitative estimate of drug-likeness (QED) is 0.874. The molecule has 0 aliphatic carbocycles. The number of hydrogen-bond donors (Lipinski definition) is 1. The number of para-hydroxylation sites is 1. The van der Waals surface area contributed by atoms with Crippen molar-refractivity contribution >= 4 is 0 Å². The van der Waals surface area contributed by atoms with Crippen LogP contribution in [-0.4, -0.2) is 16.8 Å². The summed E-state index contributed by atoms with van der Waals surface area (Å²) >= 11 is 0. The zero-order chi connectivity index (χ0) is 13.0. The molecule has 0 spiro atoms. The molecule has 0 fully saturated rings. The summed E-state index contributed by atoms with van der Waals surface area (Å²) in [6, 6.07) is 12.6. The third kappa shape index (κ3) is 2.62. The van der Waals surface area contributed by atoms with Gasteiger partial charge in [0.2, 0.25) is 0 Å². The molecule has 0 bridgehead atoms. The van der Waals surface area contributed by atoms with E-state index in [2.05, 4.69) is 42.5 Å². The highest BCUT2D eigenvalue weighted by molar-refractivity contribution is 5.30. The molecule has 0 aliphatic heterocycles. The van der Waals surface area contributed by atoms with E-state index in [1.807, 2.05) is 36.1 Å². The van der Waals surface area contributed by atoms with E-state index in [1.54, 1.807) is 0 Å². The van der Waals surface area contributed by atoms with Crippen LogP contribution >= 0.6 is 0 Å². The molecule has 0 amide bonds. The second-order valence-corrected chi connectivity index (χ2v) is 4.67. The summed E-state index contributed by atoms with van der Waals surface area (Å²) in [7, 11) is 2.00. The molecule has 0 aliphatic rings. The molecule has 1 aromatic carbocycles. The van der Waals surface area contributed by atoms with Gasteiger partial charge in [0.15, 0.2) is 0 Å². The lowest BCUT2D eigenvalue weighted by Crippen LogP contribution is -2.23. The SMILES string of the molecule is CCC(C)C(NC)c1ccn(-c2ccccc2)n1. The van der Waals surface area contributed by atoms with Crippen molar-refractivity contribution in [1.82, 2.24) is 15.1 Å². The second kappa shape index (κ2) is 5.83. The first kappa shape index (κ1) is 12.8. The summed E-state index contributed by atoms with van der Waals surface area (Å²) in [5, 5.41) is 8.03. The molecule has 2 atom stereocenters. The molecule has 3 heteroatoms. The van der Waals surface area contributed by atoms with Crippen molar-refractivity contribution in [1.29, 1.82) is 0 Å². The van der Waals surface area contributed by atoms with Crippen molar-refractivity contribution in [3.8, 4) is 5.69 Å². The first-order valence-corrected chi connectivity index (χ1v) is 6.54. The topological polar surface area (TPSA) is 29.9 Å². The fraction of sp³-hybridized carbons (Fsp3) is 0.400. The van der Waals surface area contributed by atoms with Gasteiger partial charge in [-0.15, -0.1) is 0 Å². The maximum Gasteiger partial charge on any atom is 0.0801 e. The van der Waals surface area contributed by atoms with E-state index in [4.69, 9.17) is 0 Å². The molecule has 1 N–H and O–H groups in total. The molecule has 2 rings (SSSR count). The third-order valence-corrected chi connectivity index (χ3v) is 3.47. The van der Waals surface area contributed by atoms with Crippen molar-refractivity contribution in [2.75, 3.05) is 7.05 Å². The van der Waals surface area contributed by atoms with E-state index in [0.717, 1.165) is 17.8 Å². The normalized spacial score (nSPS) is 14.4. The van der Waals surface area contributed by atoms with Gasteiger partial charge in [-0.1, -0.05) is 38.5 Å². The van der Waals surface area contributed by atoms with Crippen molar-refractivity contribution < 1.29 is 0 Å². The van der Waals surface area contributed by atoms with Gasteiger partial charge in [-0.25, -0.2) is 4.68 Å². The Kier molecular flexibility index (Phi) is 4.15. The Bertz CT molecular complexity index is 475. The van der Waals surface area contributed by atoms with Crippen LogP contribution in [0.1, 0.15) is 32.0 Å². The summed E-state index contributed by atoms with van der Waals surface area (Å²) < 4.78 is 1.93. The summed E-state index contributed by atoms with van der Waals surface area (Å²) in [6.45, 7) is 4.46. The molecular weight excluding hydrogens is 222 g/mol. The van der Waals surface area contributed by atoms with Crippen LogP contribution in [0.2, 0.25) is 0 Å². The Balaban J connectivity index is 2.25. The minimum absolute atomic E-state index is 0.319. The highest BCUT2D eigenvalue weighted by atomic mass is 15.3. The predicted molar refractivity (Wildman–Crippen MR) is 74.8 cm³/mol. The highest BCUT2D eigenvalue weighted by Gasteiger charge is 2.18. The van der Waals surface area contributed by atoms with E-state index < -0.39 is 0 Å². The standard InChI is InChI=1S/C15H21N3/c1-4-12(2)15(16-3)14-10-11-18(17-14)13-8-6-5-7-9-13/h5-12,15-16H,4H2,1-3H3. The molecule has 3 nitrogen and oxygen atoms in total. The van der Waals surface area contributed by atoms with Gasteiger partial charge in [-0.05, 0) is 31.2 Å². The fourth-order valence-electron chi connectivity index (χ4n) is 2.19. The van der Waals surface area contributed by atoms with E-state index in [-0.39, 0.29) is 0 Å². The van der Waals surface area contributed by atoms with Crippen LogP contribution in [0.3, 0.4) is 0 Å². The van der Waals surface area contributed by atoms with Crippen LogP contribution in [0, 0.1) is 5.92 Å². The van der Waals surface area contributed by atoms with Crippen LogP contribution in [0.5, 0.6) is 0 Å². The van der Waals surface area contributed by atoms with Crippen LogP contribution in [-0.2, 0) is 0 Å². The summed E-state index contributed by atoms with van der Waals surface area (Å²) in [5.41, 5.74) is 2.21. The van der Waals surface area contributed by atoms with E-state index in [0.29, 0.717) is 12.0 Å². The summed E-state index contributed by atoms with van der Waals surface area (Å²) in [5.74, 6) is 0.578. The molecule has 0 radical (unpaired) electrons. The molecule has 2 unspecified atom stereocenters. The molecule has 18 heavy (non-hydrogen) atoms. The first-order chi connectivity index (χ1) is 8.76. The number of hydrogen-bond acceptors (Lipinski definition) is 2. The fourth-order valence-corrected chi connectivity index (χ4v) is 2.19. The lowest BCUT2D eigenvalue weighted by molar-refractivity contribution is 0.391. The van der Waals surface area contributed by atoms with Crippen molar-refractivity contribution in [2.24, 2.45) is 5.92 Å². The van der Waals surface area contributed by atoms with Gasteiger partial charge in [0.25, 0.3) is 0 Å². The lowest BCUT2D eigenvalue weighted by Gasteiger charge is -2.20. The van der Waals surface area contributed by atoms with Gasteiger partial charge < -0.3 is 5.32 Å². The molecule has 0 saturated heterocycles. The van der Waals surface area contributed by atoms with Crippen LogP contribution in [0.15, 0.2) is 42.6 Å². The maximum atomic E-state index is 4.67. The van der Waals surface area contributed by atoms with Gasteiger partial charge in [-0.2, -0.15) is 5.10 Å². The monoisotopic (exact) mass is 243 g/mol. The van der Waals surface area contributed by atoms with Gasteiger partial charge in [0, 0.05) is 6.20 Å². The van der Waals surface area contributed by atoms with Gasteiger partial charge in [-0.3, -0.25) is 0 Å². The van der Waals surface area contributed by atoms with E-state index in [9.17, 15) is 0 Å². The minimum atomic E-state index is 0.319. The third-order valence-electron chi connectivity index (χ3n) is 3.47. The van der Waals surface area contributed by atoms with Crippen LogP contribution in [0.25, 0.3) is 5.69 Å². The number of nitrogens with zero attached hydrogens (tertiary/aromatic N) is 2. The molecule has 2 aromatic rings. The van der Waals surface area contributed by atoms with E-state index >= 15 is 0 Å². The number of rotatable bonds is 5. The Hall–Kier alpha value is -1.61. The molecule has 0 saturated carbocycles. The predicted octanol–water partition coefficient (Wildman–Crippen LogP) is 3.18. The summed E-state index contributed by atoms with van der Waals surface area (Å²) in [4.78, 5) is 0. The average Bonchev–Trinajstić information content (AvgIpc) is 2.90. The molecular formula is C15H21N3. The number of aromatic nitrogens is 2. The van der Waals surface area contributed by atoms with Crippen molar-refractivity contribution in [3.05, 3.63) is 48.3 Å². The zero-order valence-corrected chi connectivity index (χ0v) is 11.3. The van der Waals surface area contributed by atoms with Gasteiger partial charge >= 0.3 is 0 Å². The van der Waals surface area contributed by atoms with Crippen molar-refractivity contribution in [3.63, 3.8) is 0 Å². The van der Waals surface area contributed by atoms with Gasteiger partial charge in [0.1, 0.15) is 0 Å². The summed E-state index contributed by atoms with van der Waals surface area (Å²) in [6.07, 6.45) is 3.17. The Morgan fingerprint density at radius 2 is 1.94 bits per heavy atom. The first-order valence-electron chi connectivity index (χ1n) is 6.54. The molecule has 1 heterocycles. The Labute approximate surface area is 109 Å². The van der Waals surface area contributed by atoms with Crippen molar-refractivity contribution in [2.45, 2.75) is 26.3 Å². The van der Waals surface area contributed by atoms with E-state index in [1.165, 1.54) is 0 Å². The second-order valence-electron chi connectivity index (χ2n) is 4.67. The van der Waals surface area contributed by atoms with Crippen LogP contribution < -0.4 is 5.32 Å². The molecule has 96 valence electrons. The van der Waals surface area contributed by atoms with Crippen LogP contribution in [0.4, 0.5) is 0 Å². The number of nitrogens with one attached hydrogen (secondary N) is 1. The Morgan fingerprint density at radius 1 is 1.22 bits per heavy atom. The maximum absolute atomic E-state index is 4.67. The smallest absolute Gasteiger partial charge is 0.0801 e. The van der Waals surface area contributed by atoms with Gasteiger partial charge in [0.05, 0.1) is 17.4 Å². The zero-order valence-electron chi connectivity index (χ0n) is 11.3. The largest absolute Gasteiger partial charge is 0.311 e. The average molecular weight is 243 g/mol. The number of benzene rings is 1. The minimum Gasteiger partial charge on any atom is -0.311 e.